The van der Waals surface area contributed by atoms with Crippen molar-refractivity contribution in [1.82, 2.24) is 4.90 Å². The molecule has 26 heavy (non-hydrogen) atoms. The van der Waals surface area contributed by atoms with Crippen LogP contribution in [0.1, 0.15) is 25.0 Å². The Morgan fingerprint density at radius 2 is 1.73 bits per heavy atom. The van der Waals surface area contributed by atoms with Crippen molar-refractivity contribution in [3.63, 3.8) is 0 Å². The molecule has 1 heterocycles. The van der Waals surface area contributed by atoms with E-state index in [-0.39, 0.29) is 11.3 Å². The van der Waals surface area contributed by atoms with Crippen LogP contribution in [0, 0.1) is 16.7 Å². The lowest BCUT2D eigenvalue weighted by Gasteiger charge is -2.24. The quantitative estimate of drug-likeness (QED) is 0.829. The number of methoxy groups -OCH3 is 1. The maximum absolute atomic E-state index is 12.9. The van der Waals surface area contributed by atoms with Gasteiger partial charge in [-0.2, -0.15) is 5.26 Å². The first-order valence-electron chi connectivity index (χ1n) is 8.51. The molecule has 0 spiro atoms. The van der Waals surface area contributed by atoms with Crippen molar-refractivity contribution in [3.05, 3.63) is 59.7 Å². The molecule has 1 amide bonds. The highest BCUT2D eigenvalue weighted by Gasteiger charge is 2.47. The van der Waals surface area contributed by atoms with Gasteiger partial charge in [-0.05, 0) is 42.0 Å². The predicted molar refractivity (Wildman–Crippen MR) is 97.8 cm³/mol. The van der Waals surface area contributed by atoms with E-state index in [9.17, 15) is 4.79 Å². The van der Waals surface area contributed by atoms with Crippen molar-refractivity contribution in [3.8, 4) is 17.6 Å². The first-order chi connectivity index (χ1) is 12.4. The minimum atomic E-state index is -0.548. The molecule has 134 valence electrons. The van der Waals surface area contributed by atoms with Crippen LogP contribution in [0.3, 0.4) is 0 Å². The number of hydrogen-bond acceptors (Lipinski definition) is 4. The molecule has 1 saturated heterocycles. The van der Waals surface area contributed by atoms with Gasteiger partial charge in [0.15, 0.2) is 6.10 Å². The van der Waals surface area contributed by atoms with Gasteiger partial charge in [0.25, 0.3) is 5.91 Å². The Morgan fingerprint density at radius 1 is 1.12 bits per heavy atom. The lowest BCUT2D eigenvalue weighted by atomic mass is 9.89. The standard InChI is InChI=1S/C21H22N2O3/c1-21(2)14-23(13-16-6-8-17(25-3)9-7-16)20(24)19(21)26-18-10-4-15(12-22)5-11-18/h4-11,19H,13-14H2,1-3H3. The molecule has 1 atom stereocenters. The summed E-state index contributed by atoms with van der Waals surface area (Å²) in [6.45, 7) is 5.23. The van der Waals surface area contributed by atoms with Gasteiger partial charge >= 0.3 is 0 Å². The molecule has 1 unspecified atom stereocenters. The Labute approximate surface area is 153 Å². The van der Waals surface area contributed by atoms with E-state index in [4.69, 9.17) is 14.7 Å². The summed E-state index contributed by atoms with van der Waals surface area (Å²) >= 11 is 0. The number of likely N-dealkylation sites (tertiary alicyclic amines) is 1. The maximum atomic E-state index is 12.9. The van der Waals surface area contributed by atoms with Crippen LogP contribution in [-0.4, -0.2) is 30.6 Å². The van der Waals surface area contributed by atoms with Crippen LogP contribution in [0.25, 0.3) is 0 Å². The Kier molecular flexibility index (Phi) is 4.85. The van der Waals surface area contributed by atoms with Crippen LogP contribution in [0.5, 0.6) is 11.5 Å². The second kappa shape index (κ2) is 7.09. The van der Waals surface area contributed by atoms with E-state index in [1.54, 1.807) is 31.4 Å². The van der Waals surface area contributed by atoms with Gasteiger partial charge in [-0.1, -0.05) is 26.0 Å². The molecular formula is C21H22N2O3. The Hall–Kier alpha value is -3.00. The Bertz CT molecular complexity index is 820. The molecule has 1 aliphatic rings. The number of nitriles is 1. The van der Waals surface area contributed by atoms with Gasteiger partial charge in [0, 0.05) is 18.5 Å². The predicted octanol–water partition coefficient (Wildman–Crippen LogP) is 3.38. The van der Waals surface area contributed by atoms with E-state index in [1.807, 2.05) is 43.0 Å². The molecular weight excluding hydrogens is 328 g/mol. The molecule has 3 rings (SSSR count). The molecule has 0 saturated carbocycles. The molecule has 0 aromatic heterocycles. The minimum absolute atomic E-state index is 0.0184. The lowest BCUT2D eigenvalue weighted by Crippen LogP contribution is -2.36. The maximum Gasteiger partial charge on any atom is 0.264 e. The van der Waals surface area contributed by atoms with Crippen molar-refractivity contribution in [2.75, 3.05) is 13.7 Å². The second-order valence-corrected chi connectivity index (χ2v) is 7.17. The zero-order chi connectivity index (χ0) is 18.7. The Balaban J connectivity index is 1.72. The molecule has 1 aliphatic heterocycles. The summed E-state index contributed by atoms with van der Waals surface area (Å²) in [5.74, 6) is 1.38. The molecule has 0 N–H and O–H groups in total. The van der Waals surface area contributed by atoms with Gasteiger partial charge in [0.1, 0.15) is 11.5 Å². The van der Waals surface area contributed by atoms with Gasteiger partial charge in [-0.25, -0.2) is 0 Å². The molecule has 1 fully saturated rings. The van der Waals surface area contributed by atoms with Gasteiger partial charge in [0.2, 0.25) is 0 Å². The van der Waals surface area contributed by atoms with E-state index in [2.05, 4.69) is 6.07 Å². The average Bonchev–Trinajstić information content (AvgIpc) is 2.86. The van der Waals surface area contributed by atoms with Crippen LogP contribution in [0.2, 0.25) is 0 Å². The average molecular weight is 350 g/mol. The highest BCUT2D eigenvalue weighted by Crippen LogP contribution is 2.35. The summed E-state index contributed by atoms with van der Waals surface area (Å²) in [5, 5.41) is 8.89. The zero-order valence-electron chi connectivity index (χ0n) is 15.2. The van der Waals surface area contributed by atoms with E-state index in [1.165, 1.54) is 0 Å². The number of hydrogen-bond donors (Lipinski definition) is 0. The largest absolute Gasteiger partial charge is 0.497 e. The fourth-order valence-corrected chi connectivity index (χ4v) is 3.19. The summed E-state index contributed by atoms with van der Waals surface area (Å²) in [6.07, 6.45) is -0.548. The third kappa shape index (κ3) is 3.65. The number of amides is 1. The van der Waals surface area contributed by atoms with E-state index >= 15 is 0 Å². The van der Waals surface area contributed by atoms with Crippen LogP contribution in [0.15, 0.2) is 48.5 Å². The van der Waals surface area contributed by atoms with E-state index in [0.29, 0.717) is 24.4 Å². The van der Waals surface area contributed by atoms with Crippen molar-refractivity contribution in [2.45, 2.75) is 26.5 Å². The first-order valence-corrected chi connectivity index (χ1v) is 8.51. The van der Waals surface area contributed by atoms with Crippen LogP contribution in [0.4, 0.5) is 0 Å². The second-order valence-electron chi connectivity index (χ2n) is 7.17. The molecule has 0 aliphatic carbocycles. The number of carbonyl (C=O) groups excluding carboxylic acids is 1. The number of nitrogens with zero attached hydrogens (tertiary/aromatic N) is 2. The molecule has 5 nitrogen and oxygen atoms in total. The SMILES string of the molecule is COc1ccc(CN2CC(C)(C)C(Oc3ccc(C#N)cc3)C2=O)cc1. The summed E-state index contributed by atoms with van der Waals surface area (Å²) < 4.78 is 11.2. The summed E-state index contributed by atoms with van der Waals surface area (Å²) in [6, 6.07) is 16.6. The third-order valence-corrected chi connectivity index (χ3v) is 4.61. The highest BCUT2D eigenvalue weighted by molar-refractivity contribution is 5.84. The molecule has 0 bridgehead atoms. The Morgan fingerprint density at radius 3 is 2.31 bits per heavy atom. The number of carbonyl (C=O) groups is 1. The number of rotatable bonds is 5. The minimum Gasteiger partial charge on any atom is -0.497 e. The van der Waals surface area contributed by atoms with Crippen LogP contribution < -0.4 is 9.47 Å². The monoisotopic (exact) mass is 350 g/mol. The van der Waals surface area contributed by atoms with Crippen molar-refractivity contribution < 1.29 is 14.3 Å². The molecule has 5 heteroatoms. The van der Waals surface area contributed by atoms with Crippen molar-refractivity contribution in [1.29, 1.82) is 5.26 Å². The molecule has 2 aromatic carbocycles. The number of ether oxygens (including phenoxy) is 2. The van der Waals surface area contributed by atoms with Crippen molar-refractivity contribution >= 4 is 5.91 Å². The summed E-state index contributed by atoms with van der Waals surface area (Å²) in [5.41, 5.74) is 1.31. The van der Waals surface area contributed by atoms with Gasteiger partial charge in [-0.3, -0.25) is 4.79 Å². The van der Waals surface area contributed by atoms with Gasteiger partial charge in [-0.15, -0.1) is 0 Å². The van der Waals surface area contributed by atoms with E-state index in [0.717, 1.165) is 11.3 Å². The summed E-state index contributed by atoms with van der Waals surface area (Å²) in [4.78, 5) is 14.7. The molecule has 0 radical (unpaired) electrons. The fourth-order valence-electron chi connectivity index (χ4n) is 3.19. The van der Waals surface area contributed by atoms with Gasteiger partial charge < -0.3 is 14.4 Å². The fraction of sp³-hybridized carbons (Fsp3) is 0.333. The first kappa shape index (κ1) is 17.8. The lowest BCUT2D eigenvalue weighted by molar-refractivity contribution is -0.134. The normalized spacial score (nSPS) is 18.5. The smallest absolute Gasteiger partial charge is 0.264 e. The van der Waals surface area contributed by atoms with Crippen molar-refractivity contribution in [2.24, 2.45) is 5.41 Å². The van der Waals surface area contributed by atoms with Gasteiger partial charge in [0.05, 0.1) is 18.7 Å². The van der Waals surface area contributed by atoms with E-state index < -0.39 is 6.10 Å². The third-order valence-electron chi connectivity index (χ3n) is 4.61. The van der Waals surface area contributed by atoms with Crippen LogP contribution in [-0.2, 0) is 11.3 Å². The van der Waals surface area contributed by atoms with Crippen LogP contribution >= 0.6 is 0 Å². The summed E-state index contributed by atoms with van der Waals surface area (Å²) in [7, 11) is 1.63. The zero-order valence-corrected chi connectivity index (χ0v) is 15.2. The highest BCUT2D eigenvalue weighted by atomic mass is 16.5. The molecule has 2 aromatic rings. The number of benzene rings is 2. The topological polar surface area (TPSA) is 62.6 Å².